The molecule has 0 bridgehead atoms. The van der Waals surface area contributed by atoms with Crippen LogP contribution in [0.5, 0.6) is 0 Å². The summed E-state index contributed by atoms with van der Waals surface area (Å²) in [5.74, 6) is 0.0569. The predicted octanol–water partition coefficient (Wildman–Crippen LogP) is 2.40. The lowest BCUT2D eigenvalue weighted by Crippen LogP contribution is -2.20. The van der Waals surface area contributed by atoms with E-state index in [0.29, 0.717) is 6.42 Å². The molecular formula is C14H17N3O. The number of rotatable bonds is 2. The summed E-state index contributed by atoms with van der Waals surface area (Å²) >= 11 is 0. The molecule has 0 radical (unpaired) electrons. The van der Waals surface area contributed by atoms with Crippen molar-refractivity contribution in [1.29, 1.82) is 0 Å². The Morgan fingerprint density at radius 2 is 1.67 bits per heavy atom. The van der Waals surface area contributed by atoms with Crippen molar-refractivity contribution < 1.29 is 4.79 Å². The zero-order valence-electron chi connectivity index (χ0n) is 10.6. The fourth-order valence-corrected chi connectivity index (χ4v) is 2.54. The molecule has 4 nitrogen and oxygen atoms in total. The molecule has 4 heteroatoms. The van der Waals surface area contributed by atoms with Gasteiger partial charge in [0.05, 0.1) is 12.1 Å². The summed E-state index contributed by atoms with van der Waals surface area (Å²) in [6, 6.07) is 8.12. The normalized spacial score (nSPS) is 19.6. The summed E-state index contributed by atoms with van der Waals surface area (Å²) in [5, 5.41) is 5.76. The average Bonchev–Trinajstić information content (AvgIpc) is 2.99. The van der Waals surface area contributed by atoms with Crippen LogP contribution in [0.15, 0.2) is 29.4 Å². The van der Waals surface area contributed by atoms with Crippen LogP contribution in [0, 0.1) is 0 Å². The Balaban J connectivity index is 1.80. The minimum absolute atomic E-state index is 0.0569. The zero-order valence-corrected chi connectivity index (χ0v) is 10.6. The first-order chi connectivity index (χ1) is 8.74. The molecule has 18 heavy (non-hydrogen) atoms. The van der Waals surface area contributed by atoms with Crippen molar-refractivity contribution in [1.82, 2.24) is 0 Å². The molecule has 0 N–H and O–H groups in total. The maximum atomic E-state index is 11.7. The van der Waals surface area contributed by atoms with Gasteiger partial charge < -0.3 is 4.90 Å². The van der Waals surface area contributed by atoms with Crippen LogP contribution in [0.3, 0.4) is 0 Å². The van der Waals surface area contributed by atoms with Crippen molar-refractivity contribution in [3.8, 4) is 0 Å². The van der Waals surface area contributed by atoms with Crippen molar-refractivity contribution in [2.75, 3.05) is 23.0 Å². The summed E-state index contributed by atoms with van der Waals surface area (Å²) in [7, 11) is 0. The van der Waals surface area contributed by atoms with Gasteiger partial charge in [-0.05, 0) is 44.0 Å². The third kappa shape index (κ3) is 1.98. The van der Waals surface area contributed by atoms with Crippen LogP contribution < -0.4 is 9.91 Å². The Hall–Kier alpha value is -1.84. The molecule has 3 rings (SSSR count). The number of amides is 1. The number of anilines is 2. The molecule has 0 spiro atoms. The number of hydrogen-bond acceptors (Lipinski definition) is 3. The van der Waals surface area contributed by atoms with Crippen LogP contribution in [-0.4, -0.2) is 24.7 Å². The molecule has 0 aromatic heterocycles. The SMILES string of the molecule is CC1=NN(c2ccc(N3CCCC3)cc2)C(=O)C1. The maximum absolute atomic E-state index is 11.7. The molecule has 0 aliphatic carbocycles. The first kappa shape index (κ1) is 11.3. The summed E-state index contributed by atoms with van der Waals surface area (Å²) in [6.45, 7) is 4.16. The highest BCUT2D eigenvalue weighted by molar-refractivity contribution is 6.12. The molecule has 1 saturated heterocycles. The number of hydrogen-bond donors (Lipinski definition) is 0. The highest BCUT2D eigenvalue weighted by Crippen LogP contribution is 2.25. The summed E-state index contributed by atoms with van der Waals surface area (Å²) in [6.07, 6.45) is 2.99. The molecule has 2 aliphatic heterocycles. The lowest BCUT2D eigenvalue weighted by molar-refractivity contribution is -0.116. The van der Waals surface area contributed by atoms with Crippen molar-refractivity contribution in [3.05, 3.63) is 24.3 Å². The van der Waals surface area contributed by atoms with Gasteiger partial charge in [-0.15, -0.1) is 0 Å². The Bertz CT molecular complexity index is 486. The van der Waals surface area contributed by atoms with Gasteiger partial charge in [0.15, 0.2) is 0 Å². The van der Waals surface area contributed by atoms with Crippen LogP contribution in [0.4, 0.5) is 11.4 Å². The lowest BCUT2D eigenvalue weighted by atomic mass is 10.2. The summed E-state index contributed by atoms with van der Waals surface area (Å²) in [5.41, 5.74) is 2.98. The van der Waals surface area contributed by atoms with E-state index in [-0.39, 0.29) is 5.91 Å². The molecular weight excluding hydrogens is 226 g/mol. The molecule has 94 valence electrons. The molecule has 0 atom stereocenters. The highest BCUT2D eigenvalue weighted by Gasteiger charge is 2.22. The molecule has 1 fully saturated rings. The van der Waals surface area contributed by atoms with Crippen molar-refractivity contribution >= 4 is 23.0 Å². The Kier molecular flexibility index (Phi) is 2.78. The van der Waals surface area contributed by atoms with Gasteiger partial charge in [-0.2, -0.15) is 5.10 Å². The van der Waals surface area contributed by atoms with E-state index in [2.05, 4.69) is 22.1 Å². The monoisotopic (exact) mass is 243 g/mol. The molecule has 2 aliphatic rings. The molecule has 1 amide bonds. The first-order valence-corrected chi connectivity index (χ1v) is 6.46. The minimum Gasteiger partial charge on any atom is -0.372 e. The van der Waals surface area contributed by atoms with Crippen LogP contribution in [-0.2, 0) is 4.79 Å². The highest BCUT2D eigenvalue weighted by atomic mass is 16.2. The van der Waals surface area contributed by atoms with Crippen LogP contribution in [0.25, 0.3) is 0 Å². The van der Waals surface area contributed by atoms with Crippen LogP contribution >= 0.6 is 0 Å². The second-order valence-corrected chi connectivity index (χ2v) is 4.93. The molecule has 0 unspecified atom stereocenters. The van der Waals surface area contributed by atoms with Gasteiger partial charge in [0.25, 0.3) is 5.91 Å². The van der Waals surface area contributed by atoms with Gasteiger partial charge in [-0.25, -0.2) is 5.01 Å². The maximum Gasteiger partial charge on any atom is 0.253 e. The number of benzene rings is 1. The van der Waals surface area contributed by atoms with Crippen LogP contribution in [0.1, 0.15) is 26.2 Å². The molecule has 1 aromatic rings. The van der Waals surface area contributed by atoms with E-state index in [1.807, 2.05) is 19.1 Å². The second kappa shape index (κ2) is 4.44. The summed E-state index contributed by atoms with van der Waals surface area (Å²) < 4.78 is 0. The van der Waals surface area contributed by atoms with Crippen molar-refractivity contribution in [2.45, 2.75) is 26.2 Å². The van der Waals surface area contributed by atoms with Gasteiger partial charge in [-0.3, -0.25) is 4.79 Å². The first-order valence-electron chi connectivity index (χ1n) is 6.46. The largest absolute Gasteiger partial charge is 0.372 e. The van der Waals surface area contributed by atoms with E-state index in [4.69, 9.17) is 0 Å². The predicted molar refractivity (Wildman–Crippen MR) is 73.1 cm³/mol. The Morgan fingerprint density at radius 3 is 2.22 bits per heavy atom. The standard InChI is InChI=1S/C14H17N3O/c1-11-10-14(18)17(15-11)13-6-4-12(5-7-13)16-8-2-3-9-16/h4-7H,2-3,8-10H2,1H3. The van der Waals surface area contributed by atoms with Gasteiger partial charge in [0.1, 0.15) is 0 Å². The smallest absolute Gasteiger partial charge is 0.253 e. The topological polar surface area (TPSA) is 35.9 Å². The van der Waals surface area contributed by atoms with Gasteiger partial charge in [-0.1, -0.05) is 0 Å². The van der Waals surface area contributed by atoms with Crippen LogP contribution in [0.2, 0.25) is 0 Å². The van der Waals surface area contributed by atoms with Gasteiger partial charge >= 0.3 is 0 Å². The zero-order chi connectivity index (χ0) is 12.5. The quantitative estimate of drug-likeness (QED) is 0.799. The number of nitrogens with zero attached hydrogens (tertiary/aromatic N) is 3. The molecule has 1 aromatic carbocycles. The summed E-state index contributed by atoms with van der Waals surface area (Å²) in [4.78, 5) is 14.1. The Labute approximate surface area is 107 Å². The van der Waals surface area contributed by atoms with Crippen molar-refractivity contribution in [3.63, 3.8) is 0 Å². The Morgan fingerprint density at radius 1 is 1.06 bits per heavy atom. The van der Waals surface area contributed by atoms with Gasteiger partial charge in [0, 0.05) is 24.5 Å². The second-order valence-electron chi connectivity index (χ2n) is 4.93. The van der Waals surface area contributed by atoms with E-state index < -0.39 is 0 Å². The molecule has 0 saturated carbocycles. The van der Waals surface area contributed by atoms with Crippen molar-refractivity contribution in [2.24, 2.45) is 5.10 Å². The third-order valence-electron chi connectivity index (χ3n) is 3.48. The fraction of sp³-hybridized carbons (Fsp3) is 0.429. The molecule has 2 heterocycles. The van der Waals surface area contributed by atoms with E-state index in [1.54, 1.807) is 0 Å². The van der Waals surface area contributed by atoms with E-state index in [9.17, 15) is 4.79 Å². The van der Waals surface area contributed by atoms with E-state index in [0.717, 1.165) is 24.5 Å². The number of hydrazone groups is 1. The average molecular weight is 243 g/mol. The number of carbonyl (C=O) groups is 1. The number of carbonyl (C=O) groups excluding carboxylic acids is 1. The lowest BCUT2D eigenvalue weighted by Gasteiger charge is -2.19. The third-order valence-corrected chi connectivity index (χ3v) is 3.48. The van der Waals surface area contributed by atoms with E-state index in [1.165, 1.54) is 23.5 Å². The van der Waals surface area contributed by atoms with Gasteiger partial charge in [0.2, 0.25) is 0 Å². The minimum atomic E-state index is 0.0569. The fourth-order valence-electron chi connectivity index (χ4n) is 2.54. The van der Waals surface area contributed by atoms with E-state index >= 15 is 0 Å².